The van der Waals surface area contributed by atoms with Crippen molar-refractivity contribution in [3.8, 4) is 0 Å². The Kier molecular flexibility index (Phi) is 2.16. The molecule has 0 bridgehead atoms. The minimum absolute atomic E-state index is 0.340. The predicted molar refractivity (Wildman–Crippen MR) is 52.5 cm³/mol. The lowest BCUT2D eigenvalue weighted by molar-refractivity contribution is 0.396. The van der Waals surface area contributed by atoms with E-state index in [1.807, 2.05) is 12.1 Å². The van der Waals surface area contributed by atoms with Crippen LogP contribution in [0.4, 0.5) is 0 Å². The van der Waals surface area contributed by atoms with E-state index in [1.54, 1.807) is 6.26 Å². The summed E-state index contributed by atoms with van der Waals surface area (Å²) in [6, 6.07) is 4.30. The Bertz CT molecular complexity index is 262. The molecule has 1 atom stereocenters. The van der Waals surface area contributed by atoms with Crippen LogP contribution in [0.25, 0.3) is 0 Å². The number of furan rings is 1. The molecule has 1 unspecified atom stereocenters. The Morgan fingerprint density at radius 2 is 2.38 bits per heavy atom. The summed E-state index contributed by atoms with van der Waals surface area (Å²) in [6.45, 7) is 5.58. The molecule has 13 heavy (non-hydrogen) atoms. The lowest BCUT2D eigenvalue weighted by Crippen LogP contribution is -2.24. The van der Waals surface area contributed by atoms with Crippen molar-refractivity contribution in [2.24, 2.45) is 5.41 Å². The summed E-state index contributed by atoms with van der Waals surface area (Å²) >= 11 is 0. The fraction of sp³-hybridized carbons (Fsp3) is 0.636. The van der Waals surface area contributed by atoms with E-state index >= 15 is 0 Å². The zero-order valence-electron chi connectivity index (χ0n) is 8.34. The largest absolute Gasteiger partial charge is 0.468 e. The van der Waals surface area contributed by atoms with Crippen LogP contribution in [-0.2, 0) is 0 Å². The molecule has 2 nitrogen and oxygen atoms in total. The summed E-state index contributed by atoms with van der Waals surface area (Å²) in [7, 11) is 0. The highest BCUT2D eigenvalue weighted by atomic mass is 16.3. The second kappa shape index (κ2) is 3.18. The molecule has 0 spiro atoms. The molecule has 2 rings (SSSR count). The normalized spacial score (nSPS) is 21.4. The van der Waals surface area contributed by atoms with Crippen molar-refractivity contribution in [1.29, 1.82) is 0 Å². The van der Waals surface area contributed by atoms with Gasteiger partial charge in [-0.25, -0.2) is 0 Å². The van der Waals surface area contributed by atoms with Crippen LogP contribution in [0.15, 0.2) is 22.8 Å². The van der Waals surface area contributed by atoms with Crippen LogP contribution in [-0.4, -0.2) is 6.54 Å². The van der Waals surface area contributed by atoms with Crippen LogP contribution >= 0.6 is 0 Å². The average molecular weight is 179 g/mol. The highest BCUT2D eigenvalue weighted by Crippen LogP contribution is 2.44. The molecule has 72 valence electrons. The highest BCUT2D eigenvalue weighted by molar-refractivity contribution is 5.03. The standard InChI is InChI=1S/C11H17NO/c1-9(10-4-3-7-13-10)12-8-11(2)5-6-11/h3-4,7,9,12H,5-6,8H2,1-2H3. The smallest absolute Gasteiger partial charge is 0.120 e. The lowest BCUT2D eigenvalue weighted by Gasteiger charge is -2.14. The van der Waals surface area contributed by atoms with Crippen molar-refractivity contribution in [3.63, 3.8) is 0 Å². The van der Waals surface area contributed by atoms with Gasteiger partial charge in [0.1, 0.15) is 5.76 Å². The summed E-state index contributed by atoms with van der Waals surface area (Å²) in [5.74, 6) is 1.03. The second-order valence-electron chi connectivity index (χ2n) is 4.43. The molecule has 1 aromatic rings. The lowest BCUT2D eigenvalue weighted by atomic mass is 10.1. The molecule has 1 heterocycles. The first-order chi connectivity index (χ1) is 6.20. The molecule has 2 heteroatoms. The SMILES string of the molecule is CC(NCC1(C)CC1)c1ccco1. The van der Waals surface area contributed by atoms with Gasteiger partial charge in [0.15, 0.2) is 0 Å². The van der Waals surface area contributed by atoms with Gasteiger partial charge in [-0.1, -0.05) is 6.92 Å². The third kappa shape index (κ3) is 2.13. The molecule has 1 fully saturated rings. The summed E-state index contributed by atoms with van der Waals surface area (Å²) in [4.78, 5) is 0. The fourth-order valence-corrected chi connectivity index (χ4v) is 1.43. The molecule has 1 aliphatic rings. The molecule has 1 saturated carbocycles. The van der Waals surface area contributed by atoms with Gasteiger partial charge >= 0.3 is 0 Å². The van der Waals surface area contributed by atoms with Crippen LogP contribution < -0.4 is 5.32 Å². The quantitative estimate of drug-likeness (QED) is 0.768. The van der Waals surface area contributed by atoms with Gasteiger partial charge < -0.3 is 9.73 Å². The molecule has 1 aromatic heterocycles. The van der Waals surface area contributed by atoms with Crippen molar-refractivity contribution in [1.82, 2.24) is 5.32 Å². The van der Waals surface area contributed by atoms with Gasteiger partial charge in [-0.3, -0.25) is 0 Å². The first-order valence-corrected chi connectivity index (χ1v) is 4.96. The van der Waals surface area contributed by atoms with E-state index in [4.69, 9.17) is 4.42 Å². The summed E-state index contributed by atoms with van der Waals surface area (Å²) in [5, 5.41) is 3.49. The minimum Gasteiger partial charge on any atom is -0.468 e. The van der Waals surface area contributed by atoms with Crippen molar-refractivity contribution in [3.05, 3.63) is 24.2 Å². The topological polar surface area (TPSA) is 25.2 Å². The van der Waals surface area contributed by atoms with E-state index in [-0.39, 0.29) is 0 Å². The second-order valence-corrected chi connectivity index (χ2v) is 4.43. The Morgan fingerprint density at radius 3 is 2.92 bits per heavy atom. The van der Waals surface area contributed by atoms with Crippen LogP contribution in [0.5, 0.6) is 0 Å². The number of hydrogen-bond donors (Lipinski definition) is 1. The van der Waals surface area contributed by atoms with Gasteiger partial charge in [0, 0.05) is 6.54 Å². The number of hydrogen-bond acceptors (Lipinski definition) is 2. The molecular formula is C11H17NO. The maximum Gasteiger partial charge on any atom is 0.120 e. The number of nitrogens with one attached hydrogen (secondary N) is 1. The van der Waals surface area contributed by atoms with Gasteiger partial charge in [0.2, 0.25) is 0 Å². The van der Waals surface area contributed by atoms with E-state index in [9.17, 15) is 0 Å². The molecular weight excluding hydrogens is 162 g/mol. The van der Waals surface area contributed by atoms with Gasteiger partial charge in [-0.2, -0.15) is 0 Å². The van der Waals surface area contributed by atoms with Crippen LogP contribution in [0.1, 0.15) is 38.5 Å². The first kappa shape index (κ1) is 8.82. The highest BCUT2D eigenvalue weighted by Gasteiger charge is 2.37. The molecule has 0 radical (unpaired) electrons. The van der Waals surface area contributed by atoms with Gasteiger partial charge in [0.25, 0.3) is 0 Å². The molecule has 0 aromatic carbocycles. The Morgan fingerprint density at radius 1 is 1.62 bits per heavy atom. The summed E-state index contributed by atoms with van der Waals surface area (Å²) in [6.07, 6.45) is 4.46. The van der Waals surface area contributed by atoms with E-state index in [0.29, 0.717) is 11.5 Å². The van der Waals surface area contributed by atoms with Crippen molar-refractivity contribution in [2.75, 3.05) is 6.54 Å². The van der Waals surface area contributed by atoms with E-state index < -0.39 is 0 Å². The van der Waals surface area contributed by atoms with Crippen LogP contribution in [0.2, 0.25) is 0 Å². The van der Waals surface area contributed by atoms with E-state index in [0.717, 1.165) is 12.3 Å². The minimum atomic E-state index is 0.340. The third-order valence-electron chi connectivity index (χ3n) is 2.91. The van der Waals surface area contributed by atoms with Crippen molar-refractivity contribution >= 4 is 0 Å². The van der Waals surface area contributed by atoms with Gasteiger partial charge in [-0.05, 0) is 37.3 Å². The number of rotatable bonds is 4. The van der Waals surface area contributed by atoms with Gasteiger partial charge in [-0.15, -0.1) is 0 Å². The Labute approximate surface area is 79.3 Å². The molecule has 1 aliphatic carbocycles. The Hall–Kier alpha value is -0.760. The monoisotopic (exact) mass is 179 g/mol. The zero-order chi connectivity index (χ0) is 9.31. The van der Waals surface area contributed by atoms with E-state index in [2.05, 4.69) is 19.2 Å². The summed E-state index contributed by atoms with van der Waals surface area (Å²) in [5.41, 5.74) is 0.570. The molecule has 0 aliphatic heterocycles. The zero-order valence-corrected chi connectivity index (χ0v) is 8.34. The third-order valence-corrected chi connectivity index (χ3v) is 2.91. The van der Waals surface area contributed by atoms with Crippen molar-refractivity contribution < 1.29 is 4.42 Å². The average Bonchev–Trinajstić information content (AvgIpc) is 2.69. The van der Waals surface area contributed by atoms with Crippen LogP contribution in [0, 0.1) is 5.41 Å². The van der Waals surface area contributed by atoms with E-state index in [1.165, 1.54) is 12.8 Å². The predicted octanol–water partition coefficient (Wildman–Crippen LogP) is 2.73. The maximum atomic E-state index is 5.32. The maximum absolute atomic E-state index is 5.32. The Balaban J connectivity index is 1.82. The van der Waals surface area contributed by atoms with Crippen molar-refractivity contribution in [2.45, 2.75) is 32.7 Å². The first-order valence-electron chi connectivity index (χ1n) is 4.96. The molecule has 0 amide bonds. The van der Waals surface area contributed by atoms with Crippen LogP contribution in [0.3, 0.4) is 0 Å². The molecule has 0 saturated heterocycles. The fourth-order valence-electron chi connectivity index (χ4n) is 1.43. The summed E-state index contributed by atoms with van der Waals surface area (Å²) < 4.78 is 5.32. The van der Waals surface area contributed by atoms with Gasteiger partial charge in [0.05, 0.1) is 12.3 Å². The molecule has 1 N–H and O–H groups in total.